The van der Waals surface area contributed by atoms with Crippen LogP contribution in [0.4, 0.5) is 0 Å². The summed E-state index contributed by atoms with van der Waals surface area (Å²) in [5.74, 6) is 1.51. The van der Waals surface area contributed by atoms with E-state index in [1.807, 2.05) is 13.8 Å². The van der Waals surface area contributed by atoms with E-state index in [0.717, 1.165) is 4.90 Å². The van der Waals surface area contributed by atoms with Gasteiger partial charge >= 0.3 is 0 Å². The van der Waals surface area contributed by atoms with Gasteiger partial charge in [0.05, 0.1) is 16.3 Å². The SMILES string of the molecule is CC(C)(N)c1noc(CSc2cc(Cl)ccc2Cl)n1. The van der Waals surface area contributed by atoms with Gasteiger partial charge in [0.25, 0.3) is 0 Å². The fourth-order valence-corrected chi connectivity index (χ4v) is 2.63. The lowest BCUT2D eigenvalue weighted by molar-refractivity contribution is 0.370. The third-order valence-corrected chi connectivity index (χ3v) is 4.01. The highest BCUT2D eigenvalue weighted by molar-refractivity contribution is 7.98. The lowest BCUT2D eigenvalue weighted by Crippen LogP contribution is -2.30. The average Bonchev–Trinajstić information content (AvgIpc) is 2.79. The highest BCUT2D eigenvalue weighted by Crippen LogP contribution is 2.31. The molecule has 0 aliphatic carbocycles. The minimum absolute atomic E-state index is 0.486. The molecule has 102 valence electrons. The molecule has 0 bridgehead atoms. The van der Waals surface area contributed by atoms with Gasteiger partial charge in [0.1, 0.15) is 0 Å². The van der Waals surface area contributed by atoms with E-state index in [-0.39, 0.29) is 0 Å². The van der Waals surface area contributed by atoms with E-state index in [1.54, 1.807) is 18.2 Å². The molecule has 1 heterocycles. The molecular formula is C12H13Cl2N3OS. The summed E-state index contributed by atoms with van der Waals surface area (Å²) in [5, 5.41) is 5.14. The zero-order chi connectivity index (χ0) is 14.0. The van der Waals surface area contributed by atoms with Crippen molar-refractivity contribution in [2.24, 2.45) is 5.73 Å². The molecule has 0 aliphatic heterocycles. The van der Waals surface area contributed by atoms with Crippen LogP contribution in [0.5, 0.6) is 0 Å². The maximum absolute atomic E-state index is 6.07. The van der Waals surface area contributed by atoms with Crippen molar-refractivity contribution in [3.63, 3.8) is 0 Å². The predicted molar refractivity (Wildman–Crippen MR) is 77.5 cm³/mol. The lowest BCUT2D eigenvalue weighted by Gasteiger charge is -2.11. The zero-order valence-electron chi connectivity index (χ0n) is 10.5. The molecular weight excluding hydrogens is 305 g/mol. The Morgan fingerprint density at radius 2 is 2.11 bits per heavy atom. The quantitative estimate of drug-likeness (QED) is 0.867. The first kappa shape index (κ1) is 14.7. The number of nitrogens with zero attached hydrogens (tertiary/aromatic N) is 2. The molecule has 2 rings (SSSR count). The van der Waals surface area contributed by atoms with Crippen LogP contribution in [0.3, 0.4) is 0 Å². The number of hydrogen-bond acceptors (Lipinski definition) is 5. The molecule has 0 unspecified atom stereocenters. The first-order valence-electron chi connectivity index (χ1n) is 5.56. The van der Waals surface area contributed by atoms with Crippen LogP contribution in [0.15, 0.2) is 27.6 Å². The summed E-state index contributed by atoms with van der Waals surface area (Å²) in [6, 6.07) is 5.31. The molecule has 0 amide bonds. The van der Waals surface area contributed by atoms with Crippen molar-refractivity contribution in [2.75, 3.05) is 0 Å². The molecule has 19 heavy (non-hydrogen) atoms. The normalized spacial score (nSPS) is 11.8. The van der Waals surface area contributed by atoms with Gasteiger partial charge in [-0.25, -0.2) is 0 Å². The second-order valence-corrected chi connectivity index (χ2v) is 6.46. The molecule has 0 fully saturated rings. The monoisotopic (exact) mass is 317 g/mol. The Bertz CT molecular complexity index is 581. The third-order valence-electron chi connectivity index (χ3n) is 2.29. The molecule has 4 nitrogen and oxygen atoms in total. The van der Waals surface area contributed by atoms with Crippen molar-refractivity contribution in [1.29, 1.82) is 0 Å². The maximum Gasteiger partial charge on any atom is 0.237 e. The van der Waals surface area contributed by atoms with Crippen LogP contribution in [0.2, 0.25) is 10.0 Å². The third kappa shape index (κ3) is 3.86. The van der Waals surface area contributed by atoms with E-state index >= 15 is 0 Å². The Hall–Kier alpha value is -0.750. The molecule has 0 saturated heterocycles. The molecule has 2 N–H and O–H groups in total. The Kier molecular flexibility index (Phi) is 4.40. The van der Waals surface area contributed by atoms with Crippen LogP contribution in [-0.4, -0.2) is 10.1 Å². The number of benzene rings is 1. The van der Waals surface area contributed by atoms with Crippen molar-refractivity contribution >= 4 is 35.0 Å². The largest absolute Gasteiger partial charge is 0.338 e. The lowest BCUT2D eigenvalue weighted by atomic mass is 10.1. The topological polar surface area (TPSA) is 64.9 Å². The van der Waals surface area contributed by atoms with Crippen molar-refractivity contribution in [3.8, 4) is 0 Å². The number of aromatic nitrogens is 2. The number of halogens is 2. The highest BCUT2D eigenvalue weighted by atomic mass is 35.5. The average molecular weight is 318 g/mol. The Morgan fingerprint density at radius 1 is 1.37 bits per heavy atom. The van der Waals surface area contributed by atoms with Gasteiger partial charge in [-0.05, 0) is 32.0 Å². The van der Waals surface area contributed by atoms with Crippen LogP contribution in [0.25, 0.3) is 0 Å². The van der Waals surface area contributed by atoms with Gasteiger partial charge in [-0.15, -0.1) is 11.8 Å². The van der Waals surface area contributed by atoms with Crippen molar-refractivity contribution in [3.05, 3.63) is 40.0 Å². The summed E-state index contributed by atoms with van der Waals surface area (Å²) < 4.78 is 5.14. The predicted octanol–water partition coefficient (Wildman–Crippen LogP) is 3.86. The van der Waals surface area contributed by atoms with Gasteiger partial charge in [-0.2, -0.15) is 4.98 Å². The molecule has 7 heteroatoms. The standard InChI is InChI=1S/C12H13Cl2N3OS/c1-12(2,15)11-16-10(18-17-11)6-19-9-5-7(13)3-4-8(9)14/h3-5H,6,15H2,1-2H3. The fourth-order valence-electron chi connectivity index (χ4n) is 1.30. The summed E-state index contributed by atoms with van der Waals surface area (Å²) in [5.41, 5.74) is 5.28. The van der Waals surface area contributed by atoms with Gasteiger partial charge in [0.2, 0.25) is 5.89 Å². The first-order chi connectivity index (χ1) is 8.86. The summed E-state index contributed by atoms with van der Waals surface area (Å²) in [7, 11) is 0. The smallest absolute Gasteiger partial charge is 0.237 e. The van der Waals surface area contributed by atoms with E-state index in [9.17, 15) is 0 Å². The van der Waals surface area contributed by atoms with Crippen molar-refractivity contribution in [2.45, 2.75) is 30.0 Å². The second-order valence-electron chi connectivity index (χ2n) is 4.60. The fraction of sp³-hybridized carbons (Fsp3) is 0.333. The first-order valence-corrected chi connectivity index (χ1v) is 7.30. The zero-order valence-corrected chi connectivity index (χ0v) is 12.8. The van der Waals surface area contributed by atoms with E-state index in [1.165, 1.54) is 11.8 Å². The van der Waals surface area contributed by atoms with Crippen LogP contribution in [-0.2, 0) is 11.3 Å². The molecule has 0 aliphatic rings. The molecule has 1 aromatic carbocycles. The number of hydrogen-bond donors (Lipinski definition) is 1. The van der Waals surface area contributed by atoms with E-state index in [2.05, 4.69) is 10.1 Å². The van der Waals surface area contributed by atoms with Gasteiger partial charge in [-0.1, -0.05) is 28.4 Å². The van der Waals surface area contributed by atoms with E-state index in [0.29, 0.717) is 27.5 Å². The minimum Gasteiger partial charge on any atom is -0.338 e. The minimum atomic E-state index is -0.611. The summed E-state index contributed by atoms with van der Waals surface area (Å²) in [6.07, 6.45) is 0. The van der Waals surface area contributed by atoms with Crippen LogP contribution < -0.4 is 5.73 Å². The summed E-state index contributed by atoms with van der Waals surface area (Å²) >= 11 is 13.5. The summed E-state index contributed by atoms with van der Waals surface area (Å²) in [4.78, 5) is 5.12. The number of rotatable bonds is 4. The van der Waals surface area contributed by atoms with Crippen molar-refractivity contribution in [1.82, 2.24) is 10.1 Å². The Labute approximate surface area is 125 Å². The Balaban J connectivity index is 2.06. The van der Waals surface area contributed by atoms with Gasteiger partial charge < -0.3 is 10.3 Å². The van der Waals surface area contributed by atoms with Gasteiger partial charge in [-0.3, -0.25) is 0 Å². The number of thioether (sulfide) groups is 1. The molecule has 0 saturated carbocycles. The Morgan fingerprint density at radius 3 is 2.74 bits per heavy atom. The van der Waals surface area contributed by atoms with E-state index < -0.39 is 5.54 Å². The van der Waals surface area contributed by atoms with E-state index in [4.69, 9.17) is 33.5 Å². The van der Waals surface area contributed by atoms with Crippen molar-refractivity contribution < 1.29 is 4.52 Å². The maximum atomic E-state index is 6.07. The molecule has 0 atom stereocenters. The molecule has 2 aromatic rings. The highest BCUT2D eigenvalue weighted by Gasteiger charge is 2.21. The molecule has 0 spiro atoms. The molecule has 0 radical (unpaired) electrons. The van der Waals surface area contributed by atoms with Gasteiger partial charge in [0.15, 0.2) is 5.82 Å². The second kappa shape index (κ2) is 5.71. The number of nitrogens with two attached hydrogens (primary N) is 1. The van der Waals surface area contributed by atoms with Crippen LogP contribution in [0.1, 0.15) is 25.6 Å². The van der Waals surface area contributed by atoms with Crippen LogP contribution >= 0.6 is 35.0 Å². The summed E-state index contributed by atoms with van der Waals surface area (Å²) in [6.45, 7) is 3.64. The molecule has 1 aromatic heterocycles. The van der Waals surface area contributed by atoms with Gasteiger partial charge in [0, 0.05) is 9.92 Å². The van der Waals surface area contributed by atoms with Crippen LogP contribution in [0, 0.1) is 0 Å².